The number of nitrogens with one attached hydrogen (secondary N) is 1. The Labute approximate surface area is 117 Å². The molecule has 0 aromatic heterocycles. The lowest BCUT2D eigenvalue weighted by Gasteiger charge is -2.27. The molecule has 20 heavy (non-hydrogen) atoms. The number of aliphatic hydroxyl groups is 1. The van der Waals surface area contributed by atoms with Crippen LogP contribution in [0.3, 0.4) is 0 Å². The molecule has 0 aliphatic carbocycles. The van der Waals surface area contributed by atoms with Crippen LogP contribution in [0.2, 0.25) is 0 Å². The Morgan fingerprint density at radius 1 is 1.50 bits per heavy atom. The Morgan fingerprint density at radius 3 is 2.80 bits per heavy atom. The SMILES string of the molecule is Cc1cc([N+](=O)[O-])ccc1NC[C@H](O)C1CCOCC1. The Bertz CT molecular complexity index is 472. The zero-order valence-corrected chi connectivity index (χ0v) is 11.5. The first-order chi connectivity index (χ1) is 9.58. The third-order valence-electron chi connectivity index (χ3n) is 3.73. The number of hydrogen-bond donors (Lipinski definition) is 2. The van der Waals surface area contributed by atoms with Gasteiger partial charge in [0.25, 0.3) is 5.69 Å². The van der Waals surface area contributed by atoms with Gasteiger partial charge in [0, 0.05) is 37.6 Å². The number of rotatable bonds is 5. The topological polar surface area (TPSA) is 84.6 Å². The number of aryl methyl sites for hydroxylation is 1. The van der Waals surface area contributed by atoms with E-state index in [-0.39, 0.29) is 11.6 Å². The number of nitro benzene ring substituents is 1. The number of anilines is 1. The minimum Gasteiger partial charge on any atom is -0.391 e. The van der Waals surface area contributed by atoms with Crippen LogP contribution in [0.5, 0.6) is 0 Å². The Balaban J connectivity index is 1.91. The van der Waals surface area contributed by atoms with Gasteiger partial charge >= 0.3 is 0 Å². The quantitative estimate of drug-likeness (QED) is 0.637. The van der Waals surface area contributed by atoms with Gasteiger partial charge in [-0.2, -0.15) is 0 Å². The fraction of sp³-hybridized carbons (Fsp3) is 0.571. The van der Waals surface area contributed by atoms with E-state index >= 15 is 0 Å². The first kappa shape index (κ1) is 14.7. The predicted molar refractivity (Wildman–Crippen MR) is 75.9 cm³/mol. The molecule has 6 nitrogen and oxygen atoms in total. The second-order valence-electron chi connectivity index (χ2n) is 5.15. The second-order valence-corrected chi connectivity index (χ2v) is 5.15. The van der Waals surface area contributed by atoms with E-state index in [0.29, 0.717) is 19.8 Å². The Morgan fingerprint density at radius 2 is 2.20 bits per heavy atom. The highest BCUT2D eigenvalue weighted by Gasteiger charge is 2.22. The lowest BCUT2D eigenvalue weighted by atomic mass is 9.94. The van der Waals surface area contributed by atoms with E-state index in [2.05, 4.69) is 5.32 Å². The van der Waals surface area contributed by atoms with Gasteiger partial charge in [0.15, 0.2) is 0 Å². The fourth-order valence-electron chi connectivity index (χ4n) is 2.44. The largest absolute Gasteiger partial charge is 0.391 e. The van der Waals surface area contributed by atoms with Crippen LogP contribution in [-0.2, 0) is 4.74 Å². The molecular formula is C14H20N2O4. The first-order valence-electron chi connectivity index (χ1n) is 6.82. The molecule has 2 N–H and O–H groups in total. The molecule has 0 spiro atoms. The number of non-ortho nitro benzene ring substituents is 1. The number of ether oxygens (including phenoxy) is 1. The minimum atomic E-state index is -0.423. The number of nitro groups is 1. The summed E-state index contributed by atoms with van der Waals surface area (Å²) < 4.78 is 5.27. The van der Waals surface area contributed by atoms with Gasteiger partial charge in [-0.05, 0) is 37.3 Å². The molecule has 0 saturated carbocycles. The third-order valence-corrected chi connectivity index (χ3v) is 3.73. The van der Waals surface area contributed by atoms with Crippen LogP contribution in [0, 0.1) is 23.0 Å². The van der Waals surface area contributed by atoms with Gasteiger partial charge in [0.1, 0.15) is 0 Å². The Kier molecular flexibility index (Phi) is 4.92. The van der Waals surface area contributed by atoms with Gasteiger partial charge in [0.2, 0.25) is 0 Å². The summed E-state index contributed by atoms with van der Waals surface area (Å²) in [6, 6.07) is 4.68. The summed E-state index contributed by atoms with van der Waals surface area (Å²) in [7, 11) is 0. The molecule has 1 saturated heterocycles. The van der Waals surface area contributed by atoms with Crippen molar-refractivity contribution in [3.05, 3.63) is 33.9 Å². The van der Waals surface area contributed by atoms with Crippen molar-refractivity contribution < 1.29 is 14.8 Å². The molecular weight excluding hydrogens is 260 g/mol. The van der Waals surface area contributed by atoms with Crippen molar-refractivity contribution in [1.29, 1.82) is 0 Å². The zero-order valence-electron chi connectivity index (χ0n) is 11.5. The highest BCUT2D eigenvalue weighted by Crippen LogP contribution is 2.23. The van der Waals surface area contributed by atoms with Crippen LogP contribution in [0.4, 0.5) is 11.4 Å². The normalized spacial score (nSPS) is 17.7. The minimum absolute atomic E-state index is 0.0815. The second kappa shape index (κ2) is 6.67. The van der Waals surface area contributed by atoms with Crippen molar-refractivity contribution >= 4 is 11.4 Å². The van der Waals surface area contributed by atoms with Gasteiger partial charge in [-0.3, -0.25) is 10.1 Å². The number of benzene rings is 1. The third kappa shape index (κ3) is 3.68. The Hall–Kier alpha value is -1.66. The highest BCUT2D eigenvalue weighted by molar-refractivity contribution is 5.55. The average Bonchev–Trinajstić information content (AvgIpc) is 2.46. The number of hydrogen-bond acceptors (Lipinski definition) is 5. The maximum absolute atomic E-state index is 10.7. The van der Waals surface area contributed by atoms with Gasteiger partial charge < -0.3 is 15.2 Å². The van der Waals surface area contributed by atoms with Crippen molar-refractivity contribution in [3.63, 3.8) is 0 Å². The van der Waals surface area contributed by atoms with E-state index in [9.17, 15) is 15.2 Å². The lowest BCUT2D eigenvalue weighted by Crippen LogP contribution is -2.32. The molecule has 0 radical (unpaired) electrons. The van der Waals surface area contributed by atoms with Crippen LogP contribution >= 0.6 is 0 Å². The van der Waals surface area contributed by atoms with Crippen molar-refractivity contribution in [2.45, 2.75) is 25.9 Å². The molecule has 0 amide bonds. The molecule has 110 valence electrons. The molecule has 1 aromatic rings. The van der Waals surface area contributed by atoms with Gasteiger partial charge in [-0.25, -0.2) is 0 Å². The number of nitrogens with zero attached hydrogens (tertiary/aromatic N) is 1. The summed E-state index contributed by atoms with van der Waals surface area (Å²) in [6.45, 7) is 3.68. The average molecular weight is 280 g/mol. The first-order valence-corrected chi connectivity index (χ1v) is 6.82. The molecule has 0 unspecified atom stereocenters. The molecule has 1 aliphatic heterocycles. The maximum Gasteiger partial charge on any atom is 0.269 e. The van der Waals surface area contributed by atoms with Crippen molar-refractivity contribution in [1.82, 2.24) is 0 Å². The summed E-state index contributed by atoms with van der Waals surface area (Å²) >= 11 is 0. The van der Waals surface area contributed by atoms with Gasteiger partial charge in [-0.1, -0.05) is 0 Å². The fourth-order valence-corrected chi connectivity index (χ4v) is 2.44. The van der Waals surface area contributed by atoms with Gasteiger partial charge in [-0.15, -0.1) is 0 Å². The molecule has 1 atom stereocenters. The summed E-state index contributed by atoms with van der Waals surface area (Å²) in [5, 5.41) is 24.0. The van der Waals surface area contributed by atoms with Crippen LogP contribution in [0.1, 0.15) is 18.4 Å². The monoisotopic (exact) mass is 280 g/mol. The predicted octanol–water partition coefficient (Wildman–Crippen LogP) is 2.10. The smallest absolute Gasteiger partial charge is 0.269 e. The van der Waals surface area contributed by atoms with E-state index < -0.39 is 11.0 Å². The molecule has 1 aromatic carbocycles. The summed E-state index contributed by atoms with van der Waals surface area (Å²) in [6.07, 6.45) is 1.33. The lowest BCUT2D eigenvalue weighted by molar-refractivity contribution is -0.384. The molecule has 1 heterocycles. The summed E-state index contributed by atoms with van der Waals surface area (Å²) in [4.78, 5) is 10.3. The molecule has 0 bridgehead atoms. The van der Waals surface area contributed by atoms with Crippen LogP contribution in [0.15, 0.2) is 18.2 Å². The zero-order chi connectivity index (χ0) is 14.5. The van der Waals surface area contributed by atoms with E-state index in [4.69, 9.17) is 4.74 Å². The van der Waals surface area contributed by atoms with Crippen molar-refractivity contribution in [2.24, 2.45) is 5.92 Å². The molecule has 1 fully saturated rings. The van der Waals surface area contributed by atoms with E-state index in [1.54, 1.807) is 6.07 Å². The standard InChI is InChI=1S/C14H20N2O4/c1-10-8-12(16(18)19)2-3-13(10)15-9-14(17)11-4-6-20-7-5-11/h2-3,8,11,14-15,17H,4-7,9H2,1H3/t14-/m0/s1. The number of aliphatic hydroxyl groups excluding tert-OH is 1. The van der Waals surface area contributed by atoms with Gasteiger partial charge in [0.05, 0.1) is 11.0 Å². The van der Waals surface area contributed by atoms with Crippen LogP contribution < -0.4 is 5.32 Å². The van der Waals surface area contributed by atoms with Crippen molar-refractivity contribution in [3.8, 4) is 0 Å². The highest BCUT2D eigenvalue weighted by atomic mass is 16.6. The molecule has 2 rings (SSSR count). The maximum atomic E-state index is 10.7. The van der Waals surface area contributed by atoms with E-state index in [1.807, 2.05) is 6.92 Å². The van der Waals surface area contributed by atoms with E-state index in [1.165, 1.54) is 12.1 Å². The van der Waals surface area contributed by atoms with Crippen molar-refractivity contribution in [2.75, 3.05) is 25.1 Å². The molecule has 6 heteroatoms. The van der Waals surface area contributed by atoms with Crippen LogP contribution in [-0.4, -0.2) is 35.9 Å². The molecule has 1 aliphatic rings. The van der Waals surface area contributed by atoms with Crippen LogP contribution in [0.25, 0.3) is 0 Å². The summed E-state index contributed by atoms with van der Waals surface area (Å²) in [5.41, 5.74) is 1.71. The summed E-state index contributed by atoms with van der Waals surface area (Å²) in [5.74, 6) is 0.259. The van der Waals surface area contributed by atoms with E-state index in [0.717, 1.165) is 24.1 Å².